The zero-order valence-corrected chi connectivity index (χ0v) is 18.7. The van der Waals surface area contributed by atoms with E-state index in [1.165, 1.54) is 18.8 Å². The predicted molar refractivity (Wildman–Crippen MR) is 118 cm³/mol. The summed E-state index contributed by atoms with van der Waals surface area (Å²) in [6.45, 7) is 0. The molecule has 0 aliphatic rings. The van der Waals surface area contributed by atoms with Crippen molar-refractivity contribution in [1.82, 2.24) is 9.55 Å². The molecular formula is C22H22BrN3O4. The van der Waals surface area contributed by atoms with Gasteiger partial charge in [-0.1, -0.05) is 58.4 Å². The second-order valence-electron chi connectivity index (χ2n) is 6.63. The fourth-order valence-corrected chi connectivity index (χ4v) is 3.60. The first-order valence-electron chi connectivity index (χ1n) is 9.15. The third kappa shape index (κ3) is 4.09. The Morgan fingerprint density at radius 1 is 1.07 bits per heavy atom. The number of carbonyl (C=O) groups is 1. The summed E-state index contributed by atoms with van der Waals surface area (Å²) in [5.41, 5.74) is 1.37. The largest absolute Gasteiger partial charge is 0.489 e. The van der Waals surface area contributed by atoms with Crippen LogP contribution in [0.2, 0.25) is 0 Å². The van der Waals surface area contributed by atoms with Crippen LogP contribution in [0.5, 0.6) is 5.75 Å². The number of benzene rings is 2. The molecule has 0 N–H and O–H groups in total. The van der Waals surface area contributed by atoms with Crippen molar-refractivity contribution in [1.29, 1.82) is 0 Å². The van der Waals surface area contributed by atoms with Crippen molar-refractivity contribution in [3.05, 3.63) is 86.2 Å². The van der Waals surface area contributed by atoms with Gasteiger partial charge in [-0.15, -0.1) is 0 Å². The molecule has 1 aromatic heterocycles. The van der Waals surface area contributed by atoms with Gasteiger partial charge in [-0.2, -0.15) is 0 Å². The van der Waals surface area contributed by atoms with Crippen molar-refractivity contribution in [3.63, 3.8) is 0 Å². The van der Waals surface area contributed by atoms with E-state index in [2.05, 4.69) is 20.9 Å². The van der Waals surface area contributed by atoms with Crippen molar-refractivity contribution >= 4 is 27.8 Å². The van der Waals surface area contributed by atoms with Gasteiger partial charge in [-0.05, 0) is 23.3 Å². The number of carbonyl (C=O) groups excluding carboxylic acids is 1. The van der Waals surface area contributed by atoms with E-state index in [9.17, 15) is 9.59 Å². The van der Waals surface area contributed by atoms with Gasteiger partial charge in [0.05, 0.1) is 20.3 Å². The summed E-state index contributed by atoms with van der Waals surface area (Å²) in [4.78, 5) is 31.4. The Morgan fingerprint density at radius 2 is 1.67 bits per heavy atom. The van der Waals surface area contributed by atoms with Crippen LogP contribution in [-0.2, 0) is 11.8 Å². The molecular weight excluding hydrogens is 450 g/mol. The van der Waals surface area contributed by atoms with Gasteiger partial charge in [0.25, 0.3) is 5.56 Å². The molecule has 0 saturated heterocycles. The molecule has 0 bridgehead atoms. The molecule has 0 saturated carbocycles. The minimum Gasteiger partial charge on any atom is -0.489 e. The molecule has 156 valence electrons. The van der Waals surface area contributed by atoms with Crippen LogP contribution in [0.4, 0.5) is 5.95 Å². The molecule has 7 nitrogen and oxygen atoms in total. The van der Waals surface area contributed by atoms with E-state index < -0.39 is 11.5 Å². The number of hydrogen-bond acceptors (Lipinski definition) is 6. The summed E-state index contributed by atoms with van der Waals surface area (Å²) in [5, 5.41) is 0. The first-order valence-corrected chi connectivity index (χ1v) is 9.95. The number of nitrogens with zero attached hydrogens (tertiary/aromatic N) is 3. The molecule has 0 amide bonds. The molecule has 0 radical (unpaired) electrons. The first-order chi connectivity index (χ1) is 14.4. The standard InChI is InChI=1S/C22H22BrN3O4/c1-25(22-24-17(21(28)30-4)19(29-3)20(27)26(22)2)18(14-8-6-5-7-9-14)15-10-12-16(23)13-11-15/h5-13,18H,1-4H3. The lowest BCUT2D eigenvalue weighted by atomic mass is 9.97. The van der Waals surface area contributed by atoms with Gasteiger partial charge in [-0.3, -0.25) is 9.36 Å². The summed E-state index contributed by atoms with van der Waals surface area (Å²) in [7, 11) is 5.98. The van der Waals surface area contributed by atoms with Gasteiger partial charge >= 0.3 is 5.97 Å². The predicted octanol–water partition coefficient (Wildman–Crippen LogP) is 3.56. The lowest BCUT2D eigenvalue weighted by Gasteiger charge is -2.31. The number of aromatic nitrogens is 2. The van der Waals surface area contributed by atoms with E-state index in [0.717, 1.165) is 15.6 Å². The van der Waals surface area contributed by atoms with Gasteiger partial charge in [0, 0.05) is 18.6 Å². The molecule has 3 aromatic rings. The summed E-state index contributed by atoms with van der Waals surface area (Å²) < 4.78 is 12.3. The number of esters is 1. The lowest BCUT2D eigenvalue weighted by molar-refractivity contribution is 0.0589. The number of methoxy groups -OCH3 is 2. The quantitative estimate of drug-likeness (QED) is 0.511. The van der Waals surface area contributed by atoms with Crippen LogP contribution in [0.25, 0.3) is 0 Å². The topological polar surface area (TPSA) is 73.7 Å². The molecule has 2 aromatic carbocycles. The van der Waals surface area contributed by atoms with Gasteiger partial charge in [-0.25, -0.2) is 9.78 Å². The fraction of sp³-hybridized carbons (Fsp3) is 0.227. The van der Waals surface area contributed by atoms with Crippen LogP contribution in [0, 0.1) is 0 Å². The Bertz CT molecular complexity index is 1100. The first kappa shape index (κ1) is 21.6. The Balaban J connectivity index is 2.21. The normalized spacial score (nSPS) is 11.6. The smallest absolute Gasteiger partial charge is 0.360 e. The second kappa shape index (κ2) is 9.13. The van der Waals surface area contributed by atoms with E-state index in [4.69, 9.17) is 9.47 Å². The number of hydrogen-bond donors (Lipinski definition) is 0. The van der Waals surface area contributed by atoms with Crippen LogP contribution in [0.1, 0.15) is 27.7 Å². The van der Waals surface area contributed by atoms with E-state index >= 15 is 0 Å². The maximum absolute atomic E-state index is 12.9. The Labute approximate surface area is 183 Å². The Morgan fingerprint density at radius 3 is 2.23 bits per heavy atom. The summed E-state index contributed by atoms with van der Waals surface area (Å²) >= 11 is 3.47. The highest BCUT2D eigenvalue weighted by Gasteiger charge is 2.27. The van der Waals surface area contributed by atoms with E-state index in [1.807, 2.05) is 66.5 Å². The van der Waals surface area contributed by atoms with Crippen molar-refractivity contribution in [2.75, 3.05) is 26.2 Å². The number of ether oxygens (including phenoxy) is 2. The summed E-state index contributed by atoms with van der Waals surface area (Å²) in [6, 6.07) is 17.5. The fourth-order valence-electron chi connectivity index (χ4n) is 3.34. The monoisotopic (exact) mass is 471 g/mol. The van der Waals surface area contributed by atoms with Gasteiger partial charge in [0.2, 0.25) is 11.7 Å². The number of anilines is 1. The highest BCUT2D eigenvalue weighted by molar-refractivity contribution is 9.10. The van der Waals surface area contributed by atoms with E-state index in [0.29, 0.717) is 5.95 Å². The average molecular weight is 472 g/mol. The summed E-state index contributed by atoms with van der Waals surface area (Å²) in [5.74, 6) is -0.585. The molecule has 1 atom stereocenters. The number of halogens is 1. The van der Waals surface area contributed by atoms with Crippen LogP contribution < -0.4 is 15.2 Å². The van der Waals surface area contributed by atoms with Gasteiger partial charge < -0.3 is 14.4 Å². The molecule has 3 rings (SSSR count). The zero-order valence-electron chi connectivity index (χ0n) is 17.1. The molecule has 30 heavy (non-hydrogen) atoms. The maximum atomic E-state index is 12.9. The Kier molecular flexibility index (Phi) is 6.56. The van der Waals surface area contributed by atoms with Crippen molar-refractivity contribution in [2.45, 2.75) is 6.04 Å². The highest BCUT2D eigenvalue weighted by Crippen LogP contribution is 2.31. The third-order valence-electron chi connectivity index (χ3n) is 4.81. The SMILES string of the molecule is COC(=O)c1nc(N(C)C(c2ccccc2)c2ccc(Br)cc2)n(C)c(=O)c1OC. The molecule has 1 unspecified atom stereocenters. The van der Waals surface area contributed by atoms with Gasteiger partial charge in [0.15, 0.2) is 5.69 Å². The van der Waals surface area contributed by atoms with Crippen molar-refractivity contribution in [3.8, 4) is 5.75 Å². The van der Waals surface area contributed by atoms with Crippen LogP contribution >= 0.6 is 15.9 Å². The molecule has 0 spiro atoms. The lowest BCUT2D eigenvalue weighted by Crippen LogP contribution is -2.34. The van der Waals surface area contributed by atoms with Crippen LogP contribution in [0.3, 0.4) is 0 Å². The highest BCUT2D eigenvalue weighted by atomic mass is 79.9. The number of rotatable bonds is 6. The third-order valence-corrected chi connectivity index (χ3v) is 5.34. The van der Waals surface area contributed by atoms with Gasteiger partial charge in [0.1, 0.15) is 0 Å². The minimum absolute atomic E-state index is 0.151. The van der Waals surface area contributed by atoms with Crippen LogP contribution in [-0.4, -0.2) is 36.8 Å². The molecule has 0 fully saturated rings. The maximum Gasteiger partial charge on any atom is 0.360 e. The van der Waals surface area contributed by atoms with E-state index in [-0.39, 0.29) is 17.5 Å². The molecule has 0 aliphatic heterocycles. The van der Waals surface area contributed by atoms with Crippen LogP contribution in [0.15, 0.2) is 63.9 Å². The molecule has 8 heteroatoms. The zero-order chi connectivity index (χ0) is 21.8. The van der Waals surface area contributed by atoms with Crippen molar-refractivity contribution < 1.29 is 14.3 Å². The average Bonchev–Trinajstić information content (AvgIpc) is 2.77. The Hall–Kier alpha value is -3.13. The summed E-state index contributed by atoms with van der Waals surface area (Å²) in [6.07, 6.45) is 0. The van der Waals surface area contributed by atoms with E-state index in [1.54, 1.807) is 7.05 Å². The minimum atomic E-state index is -0.737. The molecule has 0 aliphatic carbocycles. The van der Waals surface area contributed by atoms with Crippen molar-refractivity contribution in [2.24, 2.45) is 7.05 Å². The second-order valence-corrected chi connectivity index (χ2v) is 7.54. The molecule has 1 heterocycles.